The molecule has 5 aromatic rings. The fourth-order valence-corrected chi connectivity index (χ4v) is 7.79. The van der Waals surface area contributed by atoms with Crippen LogP contribution >= 0.6 is 0 Å². The first-order chi connectivity index (χ1) is 29.1. The molecule has 2 fully saturated rings. The molecule has 4 amide bonds. The number of nitrogens with one attached hydrogen (secondary N) is 1. The van der Waals surface area contributed by atoms with Crippen LogP contribution in [0.25, 0.3) is 0 Å². The van der Waals surface area contributed by atoms with Crippen LogP contribution in [0.4, 0.5) is 14.5 Å². The van der Waals surface area contributed by atoms with E-state index in [-0.39, 0.29) is 30.7 Å². The standard InChI is InChI=1S/C46H44F2N4O8/c1-28-14-18-32(19-15-28)50(27-53)43(42(54)49-26-31-16-20-34(58-3)25-39(31)59-4)51-38(23-17-29-10-8-9-13-36(29)47)40(44(51)55)52-45(56)41(30-11-6-5-7-12-30)60-46(52)35-22-21-33(57-2)24-37(35)48/h5-16,18-22,24-25,27,38,40-41,43,46H,17,23,26H2,1-4H3,(H,49,54). The molecule has 60 heavy (non-hydrogen) atoms. The van der Waals surface area contributed by atoms with Crippen LogP contribution in [0.3, 0.4) is 0 Å². The second-order valence-electron chi connectivity index (χ2n) is 14.4. The fraction of sp³-hybridized carbons (Fsp3) is 0.261. The van der Waals surface area contributed by atoms with Crippen molar-refractivity contribution in [3.63, 3.8) is 0 Å². The predicted molar refractivity (Wildman–Crippen MR) is 217 cm³/mol. The molecule has 0 bridgehead atoms. The maximum Gasteiger partial charge on any atom is 0.264 e. The normalized spacial score (nSPS) is 19.0. The lowest BCUT2D eigenvalue weighted by molar-refractivity contribution is -0.176. The second kappa shape index (κ2) is 18.0. The van der Waals surface area contributed by atoms with Gasteiger partial charge in [0.25, 0.3) is 11.8 Å². The zero-order valence-electron chi connectivity index (χ0n) is 33.4. The number of β-lactam (4-membered cyclic amide) rings is 1. The molecule has 5 atom stereocenters. The molecular weight excluding hydrogens is 775 g/mol. The Morgan fingerprint density at radius 3 is 2.17 bits per heavy atom. The van der Waals surface area contributed by atoms with Gasteiger partial charge in [-0.2, -0.15) is 0 Å². The molecule has 2 aliphatic rings. The summed E-state index contributed by atoms with van der Waals surface area (Å²) in [5, 5.41) is 2.87. The Morgan fingerprint density at radius 1 is 0.817 bits per heavy atom. The highest BCUT2D eigenvalue weighted by Gasteiger charge is 2.61. The molecule has 1 N–H and O–H groups in total. The van der Waals surface area contributed by atoms with Crippen LogP contribution in [-0.4, -0.2) is 73.5 Å². The molecule has 0 radical (unpaired) electrons. The minimum absolute atomic E-state index is 0.0291. The van der Waals surface area contributed by atoms with Crippen molar-refractivity contribution in [2.24, 2.45) is 0 Å². The van der Waals surface area contributed by atoms with Crippen LogP contribution in [0.1, 0.15) is 46.6 Å². The Morgan fingerprint density at radius 2 is 1.50 bits per heavy atom. The number of methoxy groups -OCH3 is 3. The number of carbonyl (C=O) groups is 4. The highest BCUT2D eigenvalue weighted by molar-refractivity contribution is 6.01. The molecule has 2 heterocycles. The summed E-state index contributed by atoms with van der Waals surface area (Å²) in [7, 11) is 4.38. The van der Waals surface area contributed by atoms with E-state index in [2.05, 4.69) is 5.32 Å². The lowest BCUT2D eigenvalue weighted by Gasteiger charge is -2.55. The van der Waals surface area contributed by atoms with Gasteiger partial charge in [-0.1, -0.05) is 66.2 Å². The average molecular weight is 819 g/mol. The number of rotatable bonds is 16. The summed E-state index contributed by atoms with van der Waals surface area (Å²) in [6.07, 6.45) is -3.64. The van der Waals surface area contributed by atoms with Gasteiger partial charge in [0, 0.05) is 35.5 Å². The Labute approximate surface area is 346 Å². The van der Waals surface area contributed by atoms with Gasteiger partial charge in [-0.25, -0.2) is 8.78 Å². The number of hydrogen-bond acceptors (Lipinski definition) is 8. The molecule has 12 nitrogen and oxygen atoms in total. The first-order valence-corrected chi connectivity index (χ1v) is 19.3. The molecular formula is C46H44F2N4O8. The van der Waals surface area contributed by atoms with E-state index in [0.29, 0.717) is 40.3 Å². The summed E-state index contributed by atoms with van der Waals surface area (Å²) in [5.41, 5.74) is 2.56. The van der Waals surface area contributed by atoms with Gasteiger partial charge in [-0.05, 0) is 73.4 Å². The van der Waals surface area contributed by atoms with Crippen molar-refractivity contribution in [2.75, 3.05) is 26.2 Å². The van der Waals surface area contributed by atoms with Crippen molar-refractivity contribution in [2.45, 2.75) is 56.9 Å². The predicted octanol–water partition coefficient (Wildman–Crippen LogP) is 6.42. The van der Waals surface area contributed by atoms with E-state index < -0.39 is 59.9 Å². The second-order valence-corrected chi connectivity index (χ2v) is 14.4. The van der Waals surface area contributed by atoms with Crippen LogP contribution in [0.2, 0.25) is 0 Å². The molecule has 5 aromatic carbocycles. The van der Waals surface area contributed by atoms with Crippen molar-refractivity contribution in [3.05, 3.63) is 155 Å². The van der Waals surface area contributed by atoms with Crippen molar-refractivity contribution in [1.29, 1.82) is 0 Å². The third kappa shape index (κ3) is 8.10. The first kappa shape index (κ1) is 41.4. The topological polar surface area (TPSA) is 127 Å². The number of carbonyl (C=O) groups excluding carboxylic acids is 4. The summed E-state index contributed by atoms with van der Waals surface area (Å²) >= 11 is 0. The van der Waals surface area contributed by atoms with Gasteiger partial charge in [0.2, 0.25) is 12.3 Å². The number of halogens is 2. The first-order valence-electron chi connectivity index (χ1n) is 19.3. The van der Waals surface area contributed by atoms with Crippen LogP contribution in [0, 0.1) is 18.6 Å². The van der Waals surface area contributed by atoms with Crippen LogP contribution in [0.15, 0.2) is 115 Å². The summed E-state index contributed by atoms with van der Waals surface area (Å²) in [6, 6.07) is 28.4. The summed E-state index contributed by atoms with van der Waals surface area (Å²) in [4.78, 5) is 61.1. The summed E-state index contributed by atoms with van der Waals surface area (Å²) < 4.78 is 53.6. The molecule has 0 spiro atoms. The highest BCUT2D eigenvalue weighted by atomic mass is 19.1. The van der Waals surface area contributed by atoms with Crippen molar-refractivity contribution in [1.82, 2.24) is 15.1 Å². The molecule has 310 valence electrons. The quantitative estimate of drug-likeness (QED) is 0.0895. The van der Waals surface area contributed by atoms with E-state index in [1.54, 1.807) is 91.0 Å². The van der Waals surface area contributed by atoms with Gasteiger partial charge in [-0.3, -0.25) is 29.0 Å². The molecule has 5 unspecified atom stereocenters. The number of nitrogens with zero attached hydrogens (tertiary/aromatic N) is 3. The Kier molecular flexibility index (Phi) is 12.4. The van der Waals surface area contributed by atoms with E-state index >= 15 is 13.6 Å². The van der Waals surface area contributed by atoms with Crippen LogP contribution < -0.4 is 24.4 Å². The van der Waals surface area contributed by atoms with Crippen molar-refractivity contribution < 1.29 is 46.9 Å². The third-order valence-corrected chi connectivity index (χ3v) is 10.9. The summed E-state index contributed by atoms with van der Waals surface area (Å²) in [5.74, 6) is -2.09. The van der Waals surface area contributed by atoms with E-state index in [1.807, 2.05) is 6.92 Å². The number of likely N-dealkylation sites (tertiary alicyclic amines) is 1. The van der Waals surface area contributed by atoms with Crippen LogP contribution in [-0.2, 0) is 36.9 Å². The molecule has 2 saturated heterocycles. The third-order valence-electron chi connectivity index (χ3n) is 10.9. The highest BCUT2D eigenvalue weighted by Crippen LogP contribution is 2.46. The van der Waals surface area contributed by atoms with Gasteiger partial charge in [-0.15, -0.1) is 0 Å². The fourth-order valence-electron chi connectivity index (χ4n) is 7.79. The van der Waals surface area contributed by atoms with Crippen LogP contribution in [0.5, 0.6) is 17.2 Å². The number of aryl methyl sites for hydroxylation is 2. The van der Waals surface area contributed by atoms with Crippen molar-refractivity contribution in [3.8, 4) is 17.2 Å². The zero-order chi connectivity index (χ0) is 42.5. The average Bonchev–Trinajstić information content (AvgIpc) is 3.60. The minimum atomic E-state index is -1.59. The number of amides is 4. The van der Waals surface area contributed by atoms with E-state index in [1.165, 1.54) is 49.3 Å². The lowest BCUT2D eigenvalue weighted by Crippen LogP contribution is -2.77. The molecule has 0 saturated carbocycles. The van der Waals surface area contributed by atoms with E-state index in [0.717, 1.165) is 16.5 Å². The minimum Gasteiger partial charge on any atom is -0.497 e. The summed E-state index contributed by atoms with van der Waals surface area (Å²) in [6.45, 7) is 1.80. The Bertz CT molecular complexity index is 2360. The van der Waals surface area contributed by atoms with E-state index in [4.69, 9.17) is 18.9 Å². The molecule has 0 aromatic heterocycles. The lowest BCUT2D eigenvalue weighted by atomic mass is 9.86. The maximum atomic E-state index is 16.0. The smallest absolute Gasteiger partial charge is 0.264 e. The van der Waals surface area contributed by atoms with Gasteiger partial charge in [0.1, 0.15) is 34.9 Å². The molecule has 7 rings (SSSR count). The van der Waals surface area contributed by atoms with E-state index in [9.17, 15) is 14.4 Å². The Hall–Kier alpha value is -6.80. The number of benzene rings is 5. The Balaban J connectivity index is 1.32. The molecule has 2 aliphatic heterocycles. The molecule has 0 aliphatic carbocycles. The van der Waals surface area contributed by atoms with Crippen molar-refractivity contribution >= 4 is 29.8 Å². The largest absolute Gasteiger partial charge is 0.497 e. The SMILES string of the molecule is COc1ccc(C2OC(c3ccccc3)C(=O)N2C2C(=O)N(C(C(=O)NCc3ccc(OC)cc3OC)N(C=O)c3ccc(C)cc3)C2CCc2ccccc2F)c(F)c1. The van der Waals surface area contributed by atoms with Gasteiger partial charge in [0.15, 0.2) is 18.5 Å². The molecule has 14 heteroatoms. The number of hydrogen-bond donors (Lipinski definition) is 1. The number of anilines is 1. The zero-order valence-corrected chi connectivity index (χ0v) is 33.4. The van der Waals surface area contributed by atoms with Gasteiger partial charge < -0.3 is 29.2 Å². The van der Waals surface area contributed by atoms with Gasteiger partial charge >= 0.3 is 0 Å². The number of ether oxygens (including phenoxy) is 4. The van der Waals surface area contributed by atoms with Gasteiger partial charge in [0.05, 0.1) is 27.4 Å². The monoisotopic (exact) mass is 818 g/mol. The maximum absolute atomic E-state index is 16.0.